The maximum atomic E-state index is 12.2. The number of carboxylic acids is 1. The lowest BCUT2D eigenvalue weighted by Gasteiger charge is -2.20. The number of amides is 3. The number of nitrogens with one attached hydrogen (secondary N) is 3. The Kier molecular flexibility index (Phi) is 9.99. The van der Waals surface area contributed by atoms with Crippen molar-refractivity contribution in [2.24, 2.45) is 5.73 Å². The van der Waals surface area contributed by atoms with Gasteiger partial charge in [-0.3, -0.25) is 14.4 Å². The molecule has 1 rings (SSSR count). The number of aliphatic hydroxyl groups excluding tert-OH is 1. The molecule has 0 saturated carbocycles. The van der Waals surface area contributed by atoms with Gasteiger partial charge in [-0.1, -0.05) is 30.3 Å². The van der Waals surface area contributed by atoms with Gasteiger partial charge in [-0.25, -0.2) is 4.79 Å². The van der Waals surface area contributed by atoms with E-state index in [9.17, 15) is 29.4 Å². The SMILES string of the molecule is NC(CS)C(=O)NCC(=O)NC(CO)C(=O)NC(Cc1ccccc1)C(=O)O. The molecule has 0 bridgehead atoms. The molecule has 0 saturated heterocycles. The summed E-state index contributed by atoms with van der Waals surface area (Å²) in [7, 11) is 0. The van der Waals surface area contributed by atoms with Crippen molar-refractivity contribution in [3.05, 3.63) is 35.9 Å². The first-order chi connectivity index (χ1) is 13.3. The van der Waals surface area contributed by atoms with E-state index >= 15 is 0 Å². The average Bonchev–Trinajstić information content (AvgIpc) is 2.69. The van der Waals surface area contributed by atoms with Crippen molar-refractivity contribution in [3.8, 4) is 0 Å². The summed E-state index contributed by atoms with van der Waals surface area (Å²) in [4.78, 5) is 47.0. The van der Waals surface area contributed by atoms with Crippen LogP contribution < -0.4 is 21.7 Å². The predicted molar refractivity (Wildman–Crippen MR) is 104 cm³/mol. The minimum atomic E-state index is -1.37. The first kappa shape index (κ1) is 23.4. The number of carboxylic acid groups (broad SMARTS) is 1. The van der Waals surface area contributed by atoms with Crippen molar-refractivity contribution >= 4 is 36.3 Å². The lowest BCUT2D eigenvalue weighted by atomic mass is 10.1. The zero-order valence-electron chi connectivity index (χ0n) is 15.0. The van der Waals surface area contributed by atoms with Gasteiger partial charge in [-0.2, -0.15) is 12.6 Å². The molecule has 3 atom stereocenters. The summed E-state index contributed by atoms with van der Waals surface area (Å²) in [6, 6.07) is 5.17. The molecule has 0 aliphatic carbocycles. The summed E-state index contributed by atoms with van der Waals surface area (Å²) in [5.74, 6) is -3.37. The number of aliphatic carboxylic acids is 1. The van der Waals surface area contributed by atoms with Gasteiger partial charge in [-0.15, -0.1) is 0 Å². The molecule has 3 amide bonds. The zero-order chi connectivity index (χ0) is 21.1. The molecule has 0 aliphatic rings. The summed E-state index contributed by atoms with van der Waals surface area (Å²) < 4.78 is 0. The van der Waals surface area contributed by atoms with Crippen molar-refractivity contribution in [1.82, 2.24) is 16.0 Å². The van der Waals surface area contributed by atoms with E-state index in [0.29, 0.717) is 5.56 Å². The Morgan fingerprint density at radius 3 is 2.21 bits per heavy atom. The first-order valence-electron chi connectivity index (χ1n) is 8.40. The molecule has 0 radical (unpaired) electrons. The molecule has 7 N–H and O–H groups in total. The molecule has 154 valence electrons. The van der Waals surface area contributed by atoms with Crippen LogP contribution in [0.5, 0.6) is 0 Å². The highest BCUT2D eigenvalue weighted by atomic mass is 32.1. The van der Waals surface area contributed by atoms with E-state index in [4.69, 9.17) is 5.73 Å². The highest BCUT2D eigenvalue weighted by Gasteiger charge is 2.26. The number of benzene rings is 1. The van der Waals surface area contributed by atoms with Gasteiger partial charge in [0.05, 0.1) is 19.2 Å². The fourth-order valence-electron chi connectivity index (χ4n) is 2.14. The zero-order valence-corrected chi connectivity index (χ0v) is 15.9. The highest BCUT2D eigenvalue weighted by molar-refractivity contribution is 7.80. The van der Waals surface area contributed by atoms with Crippen LogP contribution in [0, 0.1) is 0 Å². The van der Waals surface area contributed by atoms with Crippen LogP contribution in [0.1, 0.15) is 5.56 Å². The Hall–Kier alpha value is -2.63. The van der Waals surface area contributed by atoms with Gasteiger partial charge in [0.15, 0.2) is 0 Å². The van der Waals surface area contributed by atoms with Gasteiger partial charge in [-0.05, 0) is 5.56 Å². The van der Waals surface area contributed by atoms with E-state index < -0.39 is 55.0 Å². The summed E-state index contributed by atoms with van der Waals surface area (Å²) in [6.07, 6.45) is 0.0334. The van der Waals surface area contributed by atoms with Gasteiger partial charge < -0.3 is 31.9 Å². The van der Waals surface area contributed by atoms with E-state index in [2.05, 4.69) is 28.6 Å². The number of carbonyl (C=O) groups is 4. The number of hydrogen-bond donors (Lipinski definition) is 7. The molecule has 0 heterocycles. The quantitative estimate of drug-likeness (QED) is 0.199. The van der Waals surface area contributed by atoms with Crippen LogP contribution >= 0.6 is 12.6 Å². The Bertz CT molecular complexity index is 687. The molecule has 3 unspecified atom stereocenters. The normalized spacial score (nSPS) is 13.7. The largest absolute Gasteiger partial charge is 0.480 e. The minimum Gasteiger partial charge on any atom is -0.480 e. The molecule has 10 nitrogen and oxygen atoms in total. The third kappa shape index (κ3) is 7.94. The van der Waals surface area contributed by atoms with E-state index in [1.807, 2.05) is 0 Å². The fraction of sp³-hybridized carbons (Fsp3) is 0.412. The molecule has 0 aliphatic heterocycles. The van der Waals surface area contributed by atoms with Crippen molar-refractivity contribution in [1.29, 1.82) is 0 Å². The Balaban J connectivity index is 2.61. The molecular formula is C17H24N4O6S. The molecule has 0 spiro atoms. The first-order valence-corrected chi connectivity index (χ1v) is 9.03. The topological polar surface area (TPSA) is 171 Å². The number of nitrogens with two attached hydrogens (primary N) is 1. The van der Waals surface area contributed by atoms with Gasteiger partial charge >= 0.3 is 5.97 Å². The summed E-state index contributed by atoms with van der Waals surface area (Å²) in [5, 5.41) is 25.4. The van der Waals surface area contributed by atoms with Crippen LogP contribution in [0.4, 0.5) is 0 Å². The second-order valence-corrected chi connectivity index (χ2v) is 6.26. The molecule has 11 heteroatoms. The summed E-state index contributed by atoms with van der Waals surface area (Å²) in [5.41, 5.74) is 6.14. The average molecular weight is 412 g/mol. The fourth-order valence-corrected chi connectivity index (χ4v) is 2.31. The summed E-state index contributed by atoms with van der Waals surface area (Å²) >= 11 is 3.86. The third-order valence-corrected chi connectivity index (χ3v) is 4.08. The van der Waals surface area contributed by atoms with E-state index in [1.165, 1.54) is 0 Å². The number of aliphatic hydroxyl groups is 1. The van der Waals surface area contributed by atoms with Crippen LogP contribution in [0.15, 0.2) is 30.3 Å². The number of hydrogen-bond acceptors (Lipinski definition) is 7. The van der Waals surface area contributed by atoms with Crippen molar-refractivity contribution in [3.63, 3.8) is 0 Å². The van der Waals surface area contributed by atoms with Crippen molar-refractivity contribution in [2.45, 2.75) is 24.5 Å². The van der Waals surface area contributed by atoms with Crippen LogP contribution in [0.25, 0.3) is 0 Å². The van der Waals surface area contributed by atoms with Gasteiger partial charge in [0, 0.05) is 12.2 Å². The van der Waals surface area contributed by atoms with E-state index in [-0.39, 0.29) is 12.2 Å². The van der Waals surface area contributed by atoms with Crippen LogP contribution in [0.2, 0.25) is 0 Å². The molecular weight excluding hydrogens is 388 g/mol. The van der Waals surface area contributed by atoms with Gasteiger partial charge in [0.2, 0.25) is 17.7 Å². The lowest BCUT2D eigenvalue weighted by molar-refractivity contribution is -0.142. The third-order valence-electron chi connectivity index (χ3n) is 3.69. The lowest BCUT2D eigenvalue weighted by Crippen LogP contribution is -2.55. The highest BCUT2D eigenvalue weighted by Crippen LogP contribution is 2.04. The maximum Gasteiger partial charge on any atom is 0.326 e. The number of rotatable bonds is 11. The second-order valence-electron chi connectivity index (χ2n) is 5.90. The van der Waals surface area contributed by atoms with Crippen LogP contribution in [-0.2, 0) is 25.6 Å². The van der Waals surface area contributed by atoms with Crippen LogP contribution in [0.3, 0.4) is 0 Å². The van der Waals surface area contributed by atoms with Crippen molar-refractivity contribution < 1.29 is 29.4 Å². The Labute approximate surface area is 167 Å². The predicted octanol–water partition coefficient (Wildman–Crippen LogP) is -2.35. The van der Waals surface area contributed by atoms with Crippen molar-refractivity contribution in [2.75, 3.05) is 18.9 Å². The second kappa shape index (κ2) is 12.0. The number of thiol groups is 1. The molecule has 28 heavy (non-hydrogen) atoms. The Morgan fingerprint density at radius 1 is 1.04 bits per heavy atom. The minimum absolute atomic E-state index is 0.0334. The monoisotopic (exact) mass is 412 g/mol. The van der Waals surface area contributed by atoms with E-state index in [0.717, 1.165) is 0 Å². The van der Waals surface area contributed by atoms with E-state index in [1.54, 1.807) is 30.3 Å². The molecule has 1 aromatic rings. The standard InChI is InChI=1S/C17H24N4O6S/c18-11(9-28)15(24)19-7-14(23)20-13(8-22)16(25)21-12(17(26)27)6-10-4-2-1-3-5-10/h1-5,11-13,22,28H,6-9,18H2,(H,19,24)(H,20,23)(H,21,25)(H,26,27). The molecule has 0 aromatic heterocycles. The van der Waals surface area contributed by atoms with Crippen LogP contribution in [-0.4, -0.2) is 70.9 Å². The maximum absolute atomic E-state index is 12.2. The van der Waals surface area contributed by atoms with Gasteiger partial charge in [0.1, 0.15) is 12.1 Å². The summed E-state index contributed by atoms with van der Waals surface area (Å²) in [6.45, 7) is -1.21. The molecule has 1 aromatic carbocycles. The van der Waals surface area contributed by atoms with Gasteiger partial charge in [0.25, 0.3) is 0 Å². The molecule has 0 fully saturated rings. The number of carbonyl (C=O) groups excluding carboxylic acids is 3. The Morgan fingerprint density at radius 2 is 1.68 bits per heavy atom. The smallest absolute Gasteiger partial charge is 0.326 e.